The van der Waals surface area contributed by atoms with Crippen molar-refractivity contribution in [3.8, 4) is 0 Å². The minimum absolute atomic E-state index is 0.187. The molecule has 0 amide bonds. The van der Waals surface area contributed by atoms with Crippen LogP contribution in [0.4, 0.5) is 0 Å². The number of hydrogen-bond acceptors (Lipinski definition) is 2. The second-order valence-corrected chi connectivity index (χ2v) is 6.05. The highest BCUT2D eigenvalue weighted by Crippen LogP contribution is 2.32. The van der Waals surface area contributed by atoms with Crippen LogP contribution < -0.4 is 5.32 Å². The topological polar surface area (TPSA) is 49.3 Å². The molecule has 2 unspecified atom stereocenters. The molecule has 0 fully saturated rings. The quantitative estimate of drug-likeness (QED) is 0.687. The summed E-state index contributed by atoms with van der Waals surface area (Å²) in [6.07, 6.45) is 3.25. The molecule has 3 heteroatoms. The molecular formula is C14H29NO2. The van der Waals surface area contributed by atoms with Crippen LogP contribution in [0.15, 0.2) is 0 Å². The van der Waals surface area contributed by atoms with Gasteiger partial charge < -0.3 is 10.4 Å². The monoisotopic (exact) mass is 243 g/mol. The van der Waals surface area contributed by atoms with E-state index in [9.17, 15) is 4.79 Å². The molecule has 17 heavy (non-hydrogen) atoms. The van der Waals surface area contributed by atoms with Gasteiger partial charge in [0.25, 0.3) is 0 Å². The minimum Gasteiger partial charge on any atom is -0.481 e. The van der Waals surface area contributed by atoms with Gasteiger partial charge in [-0.25, -0.2) is 0 Å². The second kappa shape index (κ2) is 7.70. The average Bonchev–Trinajstić information content (AvgIpc) is 2.20. The molecule has 0 heterocycles. The largest absolute Gasteiger partial charge is 0.481 e. The van der Waals surface area contributed by atoms with Crippen molar-refractivity contribution < 1.29 is 9.90 Å². The Kier molecular flexibility index (Phi) is 7.44. The lowest BCUT2D eigenvalue weighted by Gasteiger charge is -2.31. The molecule has 0 aromatic heterocycles. The lowest BCUT2D eigenvalue weighted by Crippen LogP contribution is -2.30. The molecule has 0 radical (unpaired) electrons. The van der Waals surface area contributed by atoms with Gasteiger partial charge in [-0.3, -0.25) is 4.79 Å². The zero-order valence-corrected chi connectivity index (χ0v) is 12.0. The summed E-state index contributed by atoms with van der Waals surface area (Å²) in [4.78, 5) is 10.6. The van der Waals surface area contributed by atoms with Crippen LogP contribution in [0.25, 0.3) is 0 Å². The van der Waals surface area contributed by atoms with Crippen LogP contribution in [0.1, 0.15) is 60.3 Å². The van der Waals surface area contributed by atoms with Crippen molar-refractivity contribution in [1.29, 1.82) is 0 Å². The summed E-state index contributed by atoms with van der Waals surface area (Å²) in [5.41, 5.74) is 0.187. The van der Waals surface area contributed by atoms with Gasteiger partial charge in [0.1, 0.15) is 0 Å². The Hall–Kier alpha value is -0.570. The number of rotatable bonds is 8. The third kappa shape index (κ3) is 8.19. The molecule has 102 valence electrons. The molecule has 2 N–H and O–H groups in total. The highest BCUT2D eigenvalue weighted by atomic mass is 16.4. The van der Waals surface area contributed by atoms with Crippen LogP contribution >= 0.6 is 0 Å². The number of carboxylic acids is 1. The molecule has 0 aromatic carbocycles. The molecule has 3 nitrogen and oxygen atoms in total. The third-order valence-electron chi connectivity index (χ3n) is 3.53. The Morgan fingerprint density at radius 3 is 2.29 bits per heavy atom. The predicted octanol–water partition coefficient (Wildman–Crippen LogP) is 3.29. The fourth-order valence-corrected chi connectivity index (χ4v) is 1.96. The summed E-state index contributed by atoms with van der Waals surface area (Å²) < 4.78 is 0. The van der Waals surface area contributed by atoms with Crippen molar-refractivity contribution >= 4 is 5.97 Å². The van der Waals surface area contributed by atoms with Crippen LogP contribution in [-0.4, -0.2) is 23.7 Å². The fraction of sp³-hybridized carbons (Fsp3) is 0.929. The first-order chi connectivity index (χ1) is 7.77. The maximum absolute atomic E-state index is 10.6. The number of aliphatic carboxylic acids is 1. The van der Waals surface area contributed by atoms with Gasteiger partial charge in [-0.2, -0.15) is 0 Å². The van der Waals surface area contributed by atoms with Crippen LogP contribution in [0.5, 0.6) is 0 Å². The SMILES string of the molecule is CCC(C)NCCC(CCC(=O)O)C(C)(C)C. The van der Waals surface area contributed by atoms with E-state index in [-0.39, 0.29) is 11.8 Å². The van der Waals surface area contributed by atoms with E-state index < -0.39 is 5.97 Å². The van der Waals surface area contributed by atoms with Gasteiger partial charge in [0.15, 0.2) is 0 Å². The smallest absolute Gasteiger partial charge is 0.303 e. The van der Waals surface area contributed by atoms with Crippen molar-refractivity contribution in [2.75, 3.05) is 6.54 Å². The van der Waals surface area contributed by atoms with E-state index >= 15 is 0 Å². The summed E-state index contributed by atoms with van der Waals surface area (Å²) in [7, 11) is 0. The number of hydrogen-bond donors (Lipinski definition) is 2. The van der Waals surface area contributed by atoms with Gasteiger partial charge >= 0.3 is 5.97 Å². The molecule has 0 aromatic rings. The molecule has 0 aliphatic rings. The molecule has 0 saturated heterocycles. The Morgan fingerprint density at radius 1 is 1.29 bits per heavy atom. The van der Waals surface area contributed by atoms with Gasteiger partial charge in [0, 0.05) is 12.5 Å². The average molecular weight is 243 g/mol. The molecular weight excluding hydrogens is 214 g/mol. The van der Waals surface area contributed by atoms with Crippen molar-refractivity contribution in [2.24, 2.45) is 11.3 Å². The highest BCUT2D eigenvalue weighted by Gasteiger charge is 2.24. The summed E-state index contributed by atoms with van der Waals surface area (Å²) in [6, 6.07) is 0.551. The lowest BCUT2D eigenvalue weighted by molar-refractivity contribution is -0.137. The summed E-state index contributed by atoms with van der Waals surface area (Å²) >= 11 is 0. The van der Waals surface area contributed by atoms with Gasteiger partial charge in [-0.1, -0.05) is 27.7 Å². The van der Waals surface area contributed by atoms with Crippen LogP contribution in [0.3, 0.4) is 0 Å². The van der Waals surface area contributed by atoms with Crippen molar-refractivity contribution in [2.45, 2.75) is 66.3 Å². The fourth-order valence-electron chi connectivity index (χ4n) is 1.96. The highest BCUT2D eigenvalue weighted by molar-refractivity contribution is 5.66. The minimum atomic E-state index is -0.686. The van der Waals surface area contributed by atoms with Crippen LogP contribution in [0, 0.1) is 11.3 Å². The van der Waals surface area contributed by atoms with E-state index in [1.165, 1.54) is 0 Å². The van der Waals surface area contributed by atoms with E-state index in [0.717, 1.165) is 25.8 Å². The molecule has 0 saturated carbocycles. The molecule has 0 rings (SSSR count). The summed E-state index contributed by atoms with van der Waals surface area (Å²) in [6.45, 7) is 11.9. The van der Waals surface area contributed by atoms with Gasteiger partial charge in [0.2, 0.25) is 0 Å². The van der Waals surface area contributed by atoms with Crippen molar-refractivity contribution in [3.63, 3.8) is 0 Å². The molecule has 0 bridgehead atoms. The molecule has 0 spiro atoms. The number of carboxylic acid groups (broad SMARTS) is 1. The zero-order valence-electron chi connectivity index (χ0n) is 12.0. The van der Waals surface area contributed by atoms with E-state index in [4.69, 9.17) is 5.11 Å². The molecule has 0 aliphatic carbocycles. The Balaban J connectivity index is 4.07. The van der Waals surface area contributed by atoms with Crippen LogP contribution in [-0.2, 0) is 4.79 Å². The Bertz CT molecular complexity index is 221. The van der Waals surface area contributed by atoms with Crippen LogP contribution in [0.2, 0.25) is 0 Å². The molecule has 0 aliphatic heterocycles. The first-order valence-corrected chi connectivity index (χ1v) is 6.72. The number of nitrogens with one attached hydrogen (secondary N) is 1. The molecule has 2 atom stereocenters. The van der Waals surface area contributed by atoms with E-state index in [2.05, 4.69) is 39.9 Å². The van der Waals surface area contributed by atoms with E-state index in [1.54, 1.807) is 0 Å². The predicted molar refractivity (Wildman–Crippen MR) is 72.2 cm³/mol. The van der Waals surface area contributed by atoms with Gasteiger partial charge in [0.05, 0.1) is 0 Å². The third-order valence-corrected chi connectivity index (χ3v) is 3.53. The van der Waals surface area contributed by atoms with Crippen molar-refractivity contribution in [3.05, 3.63) is 0 Å². The normalized spacial score (nSPS) is 15.6. The number of carbonyl (C=O) groups is 1. The summed E-state index contributed by atoms with van der Waals surface area (Å²) in [5, 5.41) is 12.2. The Morgan fingerprint density at radius 2 is 1.88 bits per heavy atom. The standard InChI is InChI=1S/C14H29NO2/c1-6-11(2)15-10-9-12(14(3,4)5)7-8-13(16)17/h11-12,15H,6-10H2,1-5H3,(H,16,17). The second-order valence-electron chi connectivity index (χ2n) is 6.05. The van der Waals surface area contributed by atoms with Gasteiger partial charge in [-0.15, -0.1) is 0 Å². The van der Waals surface area contributed by atoms with Gasteiger partial charge in [-0.05, 0) is 44.1 Å². The first kappa shape index (κ1) is 16.4. The Labute approximate surface area is 106 Å². The lowest BCUT2D eigenvalue weighted by atomic mass is 9.76. The maximum Gasteiger partial charge on any atom is 0.303 e. The summed E-state index contributed by atoms with van der Waals surface area (Å²) in [5.74, 6) is -0.218. The zero-order chi connectivity index (χ0) is 13.5. The first-order valence-electron chi connectivity index (χ1n) is 6.72. The van der Waals surface area contributed by atoms with E-state index in [0.29, 0.717) is 12.0 Å². The van der Waals surface area contributed by atoms with Crippen molar-refractivity contribution in [1.82, 2.24) is 5.32 Å². The van der Waals surface area contributed by atoms with E-state index in [1.807, 2.05) is 0 Å². The maximum atomic E-state index is 10.6.